The molecule has 10 aromatic rings. The van der Waals surface area contributed by atoms with Crippen molar-refractivity contribution in [2.75, 3.05) is 9.71 Å². The third-order valence-electron chi connectivity index (χ3n) is 12.4. The summed E-state index contributed by atoms with van der Waals surface area (Å²) in [5.74, 6) is 0.966. The molecule has 0 radical (unpaired) electrons. The molecule has 274 valence electrons. The first-order valence-corrected chi connectivity index (χ1v) is 20.1. The zero-order chi connectivity index (χ0) is 38.6. The number of benzene rings is 8. The molecule has 12 rings (SSSR count). The molecule has 4 heterocycles. The van der Waals surface area contributed by atoms with Crippen LogP contribution in [0.4, 0.5) is 28.4 Å². The highest BCUT2D eigenvalue weighted by Crippen LogP contribution is 2.48. The molecule has 58 heavy (non-hydrogen) atoms. The second kappa shape index (κ2) is 12.3. The summed E-state index contributed by atoms with van der Waals surface area (Å²) >= 11 is 0. The van der Waals surface area contributed by atoms with E-state index in [-0.39, 0.29) is 6.85 Å². The maximum Gasteiger partial charge on any atom is 0.333 e. The lowest BCUT2D eigenvalue weighted by atomic mass is 9.44. The number of nitrogens with zero attached hydrogens (tertiary/aromatic N) is 5. The van der Waals surface area contributed by atoms with E-state index in [0.717, 1.165) is 45.2 Å². The monoisotopic (exact) mass is 743 g/mol. The Bertz CT molecular complexity index is 3220. The molecule has 0 bridgehead atoms. The van der Waals surface area contributed by atoms with E-state index in [1.807, 2.05) is 0 Å². The van der Waals surface area contributed by atoms with E-state index in [9.17, 15) is 0 Å². The minimum absolute atomic E-state index is 0.100. The number of fused-ring (bicyclic) bond motifs is 9. The Kier molecular flexibility index (Phi) is 7.00. The van der Waals surface area contributed by atoms with Crippen LogP contribution in [0, 0.1) is 13.8 Å². The van der Waals surface area contributed by atoms with E-state index >= 15 is 0 Å². The van der Waals surface area contributed by atoms with Crippen LogP contribution in [0.1, 0.15) is 11.1 Å². The van der Waals surface area contributed by atoms with E-state index in [2.05, 4.69) is 216 Å². The molecular weight excluding hydrogens is 705 g/mol. The smallest absolute Gasteiger partial charge is 0.333 e. The van der Waals surface area contributed by atoms with Crippen molar-refractivity contribution in [2.45, 2.75) is 13.8 Å². The summed E-state index contributed by atoms with van der Waals surface area (Å²) in [4.78, 5) is 10.3. The van der Waals surface area contributed by atoms with Gasteiger partial charge in [0.05, 0.1) is 22.1 Å². The van der Waals surface area contributed by atoms with Crippen LogP contribution in [0.2, 0.25) is 0 Å². The van der Waals surface area contributed by atoms with Crippen LogP contribution in [0.3, 0.4) is 0 Å². The number of anilines is 5. The average molecular weight is 744 g/mol. The number of hydrogen-bond acceptors (Lipinski definition) is 3. The van der Waals surface area contributed by atoms with E-state index in [4.69, 9.17) is 4.98 Å². The molecule has 8 aromatic carbocycles. The van der Waals surface area contributed by atoms with Gasteiger partial charge in [-0.3, -0.25) is 0 Å². The number of hydrogen-bond donors (Lipinski definition) is 0. The summed E-state index contributed by atoms with van der Waals surface area (Å²) in [6.45, 7) is 4.36. The lowest BCUT2D eigenvalue weighted by Gasteiger charge is -2.42. The molecule has 0 saturated carbocycles. The van der Waals surface area contributed by atoms with Crippen LogP contribution >= 0.6 is 0 Å². The minimum atomic E-state index is -0.100. The van der Waals surface area contributed by atoms with Crippen molar-refractivity contribution >= 4 is 79.0 Å². The third-order valence-corrected chi connectivity index (χ3v) is 12.4. The summed E-state index contributed by atoms with van der Waals surface area (Å²) in [5, 5.41) is 2.60. The lowest BCUT2D eigenvalue weighted by molar-refractivity contribution is 0.958. The number of aryl methyl sites for hydroxylation is 3. The summed E-state index contributed by atoms with van der Waals surface area (Å²) < 4.78 is 4.81. The Morgan fingerprint density at radius 3 is 1.97 bits per heavy atom. The van der Waals surface area contributed by atoms with Gasteiger partial charge in [-0.05, 0) is 109 Å². The van der Waals surface area contributed by atoms with E-state index in [1.54, 1.807) is 0 Å². The summed E-state index contributed by atoms with van der Waals surface area (Å²) in [5.41, 5.74) is 20.2. The van der Waals surface area contributed by atoms with Gasteiger partial charge in [0.2, 0.25) is 0 Å². The van der Waals surface area contributed by atoms with Crippen LogP contribution in [0.5, 0.6) is 0 Å². The maximum absolute atomic E-state index is 5.34. The summed E-state index contributed by atoms with van der Waals surface area (Å²) in [7, 11) is 2.15. The Morgan fingerprint density at radius 2 is 1.24 bits per heavy atom. The topological polar surface area (TPSA) is 29.2 Å². The first kappa shape index (κ1) is 32.9. The quantitative estimate of drug-likeness (QED) is 0.164. The zero-order valence-corrected chi connectivity index (χ0v) is 32.6. The van der Waals surface area contributed by atoms with Crippen molar-refractivity contribution in [3.05, 3.63) is 187 Å². The minimum Gasteiger partial charge on any atom is -0.376 e. The number of rotatable bonds is 5. The van der Waals surface area contributed by atoms with Gasteiger partial charge < -0.3 is 18.8 Å². The van der Waals surface area contributed by atoms with Gasteiger partial charge in [0.15, 0.2) is 0 Å². The Balaban J connectivity index is 1.20. The predicted molar refractivity (Wildman–Crippen MR) is 244 cm³/mol. The van der Waals surface area contributed by atoms with Gasteiger partial charge >= 0.3 is 6.85 Å². The van der Waals surface area contributed by atoms with E-state index < -0.39 is 0 Å². The molecule has 0 atom stereocenters. The highest BCUT2D eigenvalue weighted by molar-refractivity contribution is 6.93. The SMILES string of the molecule is Cc1ccc(N2B3c4cc5nc(-c6ccccc6)n(C)c5cc4-n4c5ccccc5c5c(C)cc(c3c54)-c3cc(N(c4ccccc4)c4ccccc4)ccc32)cc1. The molecule has 0 amide bonds. The largest absolute Gasteiger partial charge is 0.376 e. The molecule has 6 heteroatoms. The van der Waals surface area contributed by atoms with Gasteiger partial charge in [-0.25, -0.2) is 4.98 Å². The van der Waals surface area contributed by atoms with Gasteiger partial charge in [0.25, 0.3) is 0 Å². The van der Waals surface area contributed by atoms with E-state index in [1.165, 1.54) is 66.4 Å². The molecule has 0 N–H and O–H groups in total. The fourth-order valence-electron chi connectivity index (χ4n) is 9.89. The molecule has 0 fully saturated rings. The molecular formula is C52H38BN5. The number of aromatic nitrogens is 3. The first-order chi connectivity index (χ1) is 28.5. The Labute approximate surface area is 337 Å². The van der Waals surface area contributed by atoms with Crippen molar-refractivity contribution in [1.82, 2.24) is 14.1 Å². The van der Waals surface area contributed by atoms with Gasteiger partial charge in [0.1, 0.15) is 5.82 Å². The Hall–Kier alpha value is -7.31. The van der Waals surface area contributed by atoms with Gasteiger partial charge in [-0.2, -0.15) is 0 Å². The molecule has 0 spiro atoms. The van der Waals surface area contributed by atoms with E-state index in [0.29, 0.717) is 0 Å². The fourth-order valence-corrected chi connectivity index (χ4v) is 9.89. The summed E-state index contributed by atoms with van der Waals surface area (Å²) in [6.07, 6.45) is 0. The second-order valence-corrected chi connectivity index (χ2v) is 15.8. The summed E-state index contributed by atoms with van der Waals surface area (Å²) in [6, 6.07) is 64.3. The maximum atomic E-state index is 5.34. The molecule has 5 nitrogen and oxygen atoms in total. The van der Waals surface area contributed by atoms with Crippen molar-refractivity contribution < 1.29 is 0 Å². The number of imidazole rings is 1. The predicted octanol–water partition coefficient (Wildman–Crippen LogP) is 11.7. The van der Waals surface area contributed by atoms with Gasteiger partial charge in [0, 0.05) is 63.1 Å². The lowest BCUT2D eigenvalue weighted by Crippen LogP contribution is -2.60. The van der Waals surface area contributed by atoms with Crippen molar-refractivity contribution in [3.8, 4) is 28.2 Å². The Morgan fingerprint density at radius 1 is 0.569 bits per heavy atom. The van der Waals surface area contributed by atoms with Crippen LogP contribution < -0.4 is 20.6 Å². The standard InChI is InChI=1S/C52H38BN5/c1-33-23-25-38(26-24-33)58-46-28-27-39(56(36-17-9-5-10-18-36)37-19-11-6-12-20-37)30-41(46)42-29-34(2)49-40-21-13-14-22-45(40)57-47-32-48-44(31-43(47)53(58)50(42)51(49)57)54-52(55(48)3)35-15-7-4-8-16-35/h4-32H,1-3H3. The van der Waals surface area contributed by atoms with Crippen LogP contribution in [-0.2, 0) is 7.05 Å². The molecule has 2 aromatic heterocycles. The van der Waals surface area contributed by atoms with Crippen LogP contribution in [0.15, 0.2) is 176 Å². The van der Waals surface area contributed by atoms with Crippen LogP contribution in [-0.4, -0.2) is 21.0 Å². The average Bonchev–Trinajstić information content (AvgIpc) is 3.79. The van der Waals surface area contributed by atoms with Gasteiger partial charge in [-0.1, -0.05) is 109 Å². The van der Waals surface area contributed by atoms with Crippen molar-refractivity contribution in [2.24, 2.45) is 7.05 Å². The van der Waals surface area contributed by atoms with Crippen molar-refractivity contribution in [3.63, 3.8) is 0 Å². The van der Waals surface area contributed by atoms with Crippen molar-refractivity contribution in [1.29, 1.82) is 0 Å². The zero-order valence-electron chi connectivity index (χ0n) is 32.6. The highest BCUT2D eigenvalue weighted by atomic mass is 15.2. The van der Waals surface area contributed by atoms with Gasteiger partial charge in [-0.15, -0.1) is 0 Å². The molecule has 0 aliphatic carbocycles. The molecule has 2 aliphatic heterocycles. The normalized spacial score (nSPS) is 12.7. The molecule has 2 aliphatic rings. The molecule has 0 saturated heterocycles. The third kappa shape index (κ3) is 4.63. The number of para-hydroxylation sites is 3. The van der Waals surface area contributed by atoms with Crippen LogP contribution in [0.25, 0.3) is 61.0 Å². The fraction of sp³-hybridized carbons (Fsp3) is 0.0577. The first-order valence-electron chi connectivity index (χ1n) is 20.1. The second-order valence-electron chi connectivity index (χ2n) is 15.8. The highest BCUT2D eigenvalue weighted by Gasteiger charge is 2.44. The molecule has 0 unspecified atom stereocenters.